The molecule has 0 bridgehead atoms. The predicted molar refractivity (Wildman–Crippen MR) is 88.3 cm³/mol. The summed E-state index contributed by atoms with van der Waals surface area (Å²) in [5.74, 6) is 0.394. The van der Waals surface area contributed by atoms with Crippen LogP contribution in [0.15, 0.2) is 34.8 Å². The molecular weight excluding hydrogens is 348 g/mol. The Bertz CT molecular complexity index is 689. The molecule has 0 aliphatic carbocycles. The smallest absolute Gasteiger partial charge is 0.343 e. The molecule has 1 heterocycles. The Hall–Kier alpha value is -2.08. The summed E-state index contributed by atoms with van der Waals surface area (Å²) in [6.45, 7) is 2.68. The number of halogens is 1. The number of nitrogens with one attached hydrogen (secondary N) is 1. The van der Waals surface area contributed by atoms with E-state index in [1.807, 2.05) is 18.2 Å². The van der Waals surface area contributed by atoms with Crippen LogP contribution in [-0.4, -0.2) is 25.2 Å². The second kappa shape index (κ2) is 7.26. The molecule has 0 radical (unpaired) electrons. The number of anilines is 1. The molecule has 0 fully saturated rings. The van der Waals surface area contributed by atoms with E-state index >= 15 is 0 Å². The summed E-state index contributed by atoms with van der Waals surface area (Å²) in [6, 6.07) is 9.40. The first kappa shape index (κ1) is 16.3. The molecule has 0 saturated heterocycles. The number of nitrogens with zero attached hydrogens (tertiary/aromatic N) is 1. The van der Waals surface area contributed by atoms with Crippen LogP contribution in [0.3, 0.4) is 0 Å². The Balaban J connectivity index is 2.17. The molecule has 22 heavy (non-hydrogen) atoms. The van der Waals surface area contributed by atoms with E-state index < -0.39 is 5.97 Å². The minimum Gasteiger partial charge on any atom is -0.480 e. The van der Waals surface area contributed by atoms with Gasteiger partial charge in [-0.05, 0) is 36.2 Å². The highest BCUT2D eigenvalue weighted by molar-refractivity contribution is 9.10. The molecule has 0 spiro atoms. The summed E-state index contributed by atoms with van der Waals surface area (Å²) in [7, 11) is 2.79. The van der Waals surface area contributed by atoms with Gasteiger partial charge in [-0.2, -0.15) is 4.98 Å². The highest BCUT2D eigenvalue weighted by Crippen LogP contribution is 2.22. The molecule has 5 nitrogen and oxygen atoms in total. The van der Waals surface area contributed by atoms with Gasteiger partial charge in [-0.25, -0.2) is 4.79 Å². The van der Waals surface area contributed by atoms with Gasteiger partial charge in [0.15, 0.2) is 0 Å². The molecule has 0 unspecified atom stereocenters. The van der Waals surface area contributed by atoms with Crippen molar-refractivity contribution in [2.45, 2.75) is 13.5 Å². The van der Waals surface area contributed by atoms with Gasteiger partial charge < -0.3 is 14.8 Å². The van der Waals surface area contributed by atoms with Crippen LogP contribution in [0.5, 0.6) is 5.88 Å². The molecule has 0 aliphatic rings. The quantitative estimate of drug-likeness (QED) is 0.821. The van der Waals surface area contributed by atoms with Gasteiger partial charge in [-0.1, -0.05) is 28.1 Å². The molecule has 6 heteroatoms. The third-order valence-corrected chi connectivity index (χ3v) is 4.16. The van der Waals surface area contributed by atoms with E-state index in [0.717, 1.165) is 10.0 Å². The van der Waals surface area contributed by atoms with Crippen molar-refractivity contribution in [1.29, 1.82) is 0 Å². The topological polar surface area (TPSA) is 60.5 Å². The van der Waals surface area contributed by atoms with Gasteiger partial charge in [0, 0.05) is 11.0 Å². The average molecular weight is 365 g/mol. The second-order valence-electron chi connectivity index (χ2n) is 4.62. The van der Waals surface area contributed by atoms with Crippen molar-refractivity contribution in [3.8, 4) is 5.88 Å². The third kappa shape index (κ3) is 3.57. The third-order valence-electron chi connectivity index (χ3n) is 3.30. The molecule has 0 aliphatic heterocycles. The van der Waals surface area contributed by atoms with Gasteiger partial charge in [0.1, 0.15) is 11.4 Å². The molecule has 0 amide bonds. The van der Waals surface area contributed by atoms with E-state index in [-0.39, 0.29) is 5.88 Å². The van der Waals surface area contributed by atoms with Gasteiger partial charge in [-0.3, -0.25) is 0 Å². The largest absolute Gasteiger partial charge is 0.480 e. The fourth-order valence-corrected chi connectivity index (χ4v) is 2.40. The number of hydrogen-bond donors (Lipinski definition) is 1. The number of aromatic nitrogens is 1. The number of rotatable bonds is 5. The first-order chi connectivity index (χ1) is 10.6. The number of benzene rings is 1. The second-order valence-corrected chi connectivity index (χ2v) is 5.48. The number of carbonyl (C=O) groups excluding carboxylic acids is 1. The number of hydrogen-bond acceptors (Lipinski definition) is 5. The van der Waals surface area contributed by atoms with E-state index in [1.165, 1.54) is 19.8 Å². The predicted octanol–water partition coefficient (Wildman–Crippen LogP) is 3.56. The van der Waals surface area contributed by atoms with Gasteiger partial charge in [-0.15, -0.1) is 0 Å². The Morgan fingerprint density at radius 3 is 2.73 bits per heavy atom. The summed E-state index contributed by atoms with van der Waals surface area (Å²) >= 11 is 3.51. The Labute approximate surface area is 137 Å². The molecule has 116 valence electrons. The molecule has 0 saturated carbocycles. The van der Waals surface area contributed by atoms with Crippen molar-refractivity contribution in [2.75, 3.05) is 19.5 Å². The van der Waals surface area contributed by atoms with E-state index in [9.17, 15) is 4.79 Å². The Morgan fingerprint density at radius 2 is 2.05 bits per heavy atom. The van der Waals surface area contributed by atoms with E-state index in [1.54, 1.807) is 12.1 Å². The lowest BCUT2D eigenvalue weighted by molar-refractivity contribution is 0.0596. The molecule has 2 rings (SSSR count). The van der Waals surface area contributed by atoms with Crippen molar-refractivity contribution < 1.29 is 14.3 Å². The lowest BCUT2D eigenvalue weighted by atomic mass is 10.1. The van der Waals surface area contributed by atoms with E-state index in [4.69, 9.17) is 9.47 Å². The van der Waals surface area contributed by atoms with Crippen LogP contribution in [-0.2, 0) is 11.3 Å². The van der Waals surface area contributed by atoms with Crippen molar-refractivity contribution in [3.05, 3.63) is 51.5 Å². The van der Waals surface area contributed by atoms with Crippen LogP contribution >= 0.6 is 15.9 Å². The number of carbonyl (C=O) groups is 1. The lowest BCUT2D eigenvalue weighted by Gasteiger charge is -2.12. The summed E-state index contributed by atoms with van der Waals surface area (Å²) < 4.78 is 10.9. The Morgan fingerprint density at radius 1 is 1.27 bits per heavy atom. The first-order valence-corrected chi connectivity index (χ1v) is 7.47. The zero-order chi connectivity index (χ0) is 16.1. The highest BCUT2D eigenvalue weighted by atomic mass is 79.9. The highest BCUT2D eigenvalue weighted by Gasteiger charge is 2.14. The molecule has 0 atom stereocenters. The van der Waals surface area contributed by atoms with Gasteiger partial charge in [0.05, 0.1) is 14.2 Å². The fraction of sp³-hybridized carbons (Fsp3) is 0.250. The molecule has 1 aromatic carbocycles. The number of ether oxygens (including phenoxy) is 2. The van der Waals surface area contributed by atoms with Crippen LogP contribution < -0.4 is 10.1 Å². The minimum atomic E-state index is -0.473. The minimum absolute atomic E-state index is 0.239. The number of methoxy groups -OCH3 is 2. The zero-order valence-electron chi connectivity index (χ0n) is 12.6. The molecular formula is C16H17BrN2O3. The fourth-order valence-electron chi connectivity index (χ4n) is 1.99. The van der Waals surface area contributed by atoms with Crippen molar-refractivity contribution in [1.82, 2.24) is 4.98 Å². The maximum absolute atomic E-state index is 11.6. The van der Waals surface area contributed by atoms with Crippen LogP contribution in [0.25, 0.3) is 0 Å². The van der Waals surface area contributed by atoms with Crippen LogP contribution in [0, 0.1) is 6.92 Å². The molecule has 1 N–H and O–H groups in total. The monoisotopic (exact) mass is 364 g/mol. The normalized spacial score (nSPS) is 10.2. The summed E-state index contributed by atoms with van der Waals surface area (Å²) in [5, 5.41) is 3.22. The first-order valence-electron chi connectivity index (χ1n) is 6.68. The van der Waals surface area contributed by atoms with Gasteiger partial charge >= 0.3 is 5.97 Å². The van der Waals surface area contributed by atoms with Gasteiger partial charge in [0.25, 0.3) is 0 Å². The average Bonchev–Trinajstić information content (AvgIpc) is 2.55. The summed E-state index contributed by atoms with van der Waals surface area (Å²) in [4.78, 5) is 15.9. The van der Waals surface area contributed by atoms with E-state index in [2.05, 4.69) is 33.2 Å². The number of esters is 1. The lowest BCUT2D eigenvalue weighted by Crippen LogP contribution is -2.08. The molecule has 2 aromatic rings. The SMILES string of the molecule is COC(=O)c1ccc(NCc2cccc(Br)c2C)nc1OC. The maximum Gasteiger partial charge on any atom is 0.343 e. The van der Waals surface area contributed by atoms with E-state index in [0.29, 0.717) is 17.9 Å². The number of pyridine rings is 1. The van der Waals surface area contributed by atoms with Gasteiger partial charge in [0.2, 0.25) is 5.88 Å². The van der Waals surface area contributed by atoms with Crippen molar-refractivity contribution in [2.24, 2.45) is 0 Å². The summed E-state index contributed by atoms with van der Waals surface area (Å²) in [5.41, 5.74) is 2.63. The Kier molecular flexibility index (Phi) is 5.38. The van der Waals surface area contributed by atoms with Crippen molar-refractivity contribution >= 4 is 27.7 Å². The van der Waals surface area contributed by atoms with Crippen LogP contribution in [0.1, 0.15) is 21.5 Å². The maximum atomic E-state index is 11.6. The summed E-state index contributed by atoms with van der Waals surface area (Å²) in [6.07, 6.45) is 0. The zero-order valence-corrected chi connectivity index (χ0v) is 14.2. The standard InChI is InChI=1S/C16H17BrN2O3/c1-10-11(5-4-6-13(10)17)9-18-14-8-7-12(16(20)22-3)15(19-14)21-2/h4-8H,9H2,1-3H3,(H,18,19). The van der Waals surface area contributed by atoms with Crippen LogP contribution in [0.2, 0.25) is 0 Å². The van der Waals surface area contributed by atoms with Crippen molar-refractivity contribution in [3.63, 3.8) is 0 Å². The molecule has 1 aromatic heterocycles. The van der Waals surface area contributed by atoms with Crippen LogP contribution in [0.4, 0.5) is 5.82 Å².